The van der Waals surface area contributed by atoms with Crippen molar-refractivity contribution in [3.8, 4) is 5.75 Å². The Kier molecular flexibility index (Phi) is 2.55. The molecule has 5 rings (SSSR count). The topological polar surface area (TPSA) is 59.6 Å². The lowest BCUT2D eigenvalue weighted by Crippen LogP contribution is -2.51. The Hall–Kier alpha value is -2.95. The highest BCUT2D eigenvalue weighted by molar-refractivity contribution is 6.02. The lowest BCUT2D eigenvalue weighted by atomic mass is 9.96. The summed E-state index contributed by atoms with van der Waals surface area (Å²) in [4.78, 5) is 20.5. The Morgan fingerprint density at radius 3 is 2.92 bits per heavy atom. The van der Waals surface area contributed by atoms with Gasteiger partial charge in [-0.15, -0.1) is 0 Å². The van der Waals surface area contributed by atoms with E-state index in [0.717, 1.165) is 34.3 Å². The number of phenols is 1. The number of fused-ring (bicyclic) bond motifs is 6. The van der Waals surface area contributed by atoms with E-state index in [1.165, 1.54) is 5.56 Å². The number of aromatic hydroxyl groups is 1. The van der Waals surface area contributed by atoms with E-state index in [4.69, 9.17) is 0 Å². The molecule has 1 unspecified atom stereocenters. The van der Waals surface area contributed by atoms with Crippen molar-refractivity contribution in [2.45, 2.75) is 12.6 Å². The average Bonchev–Trinajstić information content (AvgIpc) is 2.97. The third kappa shape index (κ3) is 1.61. The third-order valence-corrected chi connectivity index (χ3v) is 5.22. The van der Waals surface area contributed by atoms with Crippen molar-refractivity contribution in [2.24, 2.45) is 0 Å². The number of para-hydroxylation sites is 1. The van der Waals surface area contributed by atoms with E-state index in [1.807, 2.05) is 42.3 Å². The van der Waals surface area contributed by atoms with E-state index in [-0.39, 0.29) is 17.8 Å². The molecular weight excluding hydrogens is 302 g/mol. The summed E-state index contributed by atoms with van der Waals surface area (Å²) in [7, 11) is 2.03. The zero-order chi connectivity index (χ0) is 16.4. The Balaban J connectivity index is 1.74. The predicted octanol–water partition coefficient (Wildman–Crippen LogP) is 3.02. The molecule has 5 heteroatoms. The Morgan fingerprint density at radius 2 is 2.04 bits per heavy atom. The van der Waals surface area contributed by atoms with Gasteiger partial charge in [0, 0.05) is 24.5 Å². The molecule has 2 aliphatic rings. The Labute approximate surface area is 139 Å². The standard InChI is InChI=1S/C19H17N3O2/c1-21-16-5-3-2-4-13(16)19(24)22-9-8-12-14-10-11(23)6-7-15(14)20-17(12)18(21)22/h2-7,10,18,20,23H,8-9H2,1H3. The lowest BCUT2D eigenvalue weighted by molar-refractivity contribution is 0.0634. The van der Waals surface area contributed by atoms with Crippen molar-refractivity contribution in [2.75, 3.05) is 18.5 Å². The summed E-state index contributed by atoms with van der Waals surface area (Å²) in [5, 5.41) is 10.9. The lowest BCUT2D eigenvalue weighted by Gasteiger charge is -2.46. The van der Waals surface area contributed by atoms with E-state index in [2.05, 4.69) is 9.88 Å². The minimum atomic E-state index is -0.134. The number of hydrogen-bond donors (Lipinski definition) is 2. The molecule has 1 atom stereocenters. The smallest absolute Gasteiger partial charge is 0.257 e. The number of anilines is 1. The van der Waals surface area contributed by atoms with Gasteiger partial charge in [0.15, 0.2) is 0 Å². The number of carbonyl (C=O) groups is 1. The van der Waals surface area contributed by atoms with Crippen LogP contribution in [-0.2, 0) is 6.42 Å². The maximum Gasteiger partial charge on any atom is 0.257 e. The van der Waals surface area contributed by atoms with Crippen LogP contribution in [0.25, 0.3) is 10.9 Å². The highest BCUT2D eigenvalue weighted by Gasteiger charge is 2.41. The highest BCUT2D eigenvalue weighted by Crippen LogP contribution is 2.43. The zero-order valence-electron chi connectivity index (χ0n) is 13.3. The Bertz CT molecular complexity index is 991. The van der Waals surface area contributed by atoms with Crippen LogP contribution in [0.1, 0.15) is 27.8 Å². The molecular formula is C19H17N3O2. The van der Waals surface area contributed by atoms with Gasteiger partial charge in [-0.2, -0.15) is 0 Å². The molecule has 1 aromatic heterocycles. The van der Waals surface area contributed by atoms with Crippen molar-refractivity contribution < 1.29 is 9.90 Å². The van der Waals surface area contributed by atoms with Crippen LogP contribution in [0.4, 0.5) is 5.69 Å². The summed E-state index contributed by atoms with van der Waals surface area (Å²) in [6.45, 7) is 0.678. The number of H-pyrrole nitrogens is 1. The van der Waals surface area contributed by atoms with Crippen LogP contribution >= 0.6 is 0 Å². The monoisotopic (exact) mass is 319 g/mol. The van der Waals surface area contributed by atoms with Crippen molar-refractivity contribution in [1.82, 2.24) is 9.88 Å². The van der Waals surface area contributed by atoms with Crippen molar-refractivity contribution >= 4 is 22.5 Å². The van der Waals surface area contributed by atoms with Gasteiger partial charge in [-0.25, -0.2) is 0 Å². The van der Waals surface area contributed by atoms with Gasteiger partial charge in [0.05, 0.1) is 16.9 Å². The summed E-state index contributed by atoms with van der Waals surface area (Å²) in [6.07, 6.45) is 0.655. The van der Waals surface area contributed by atoms with Crippen LogP contribution in [0.2, 0.25) is 0 Å². The molecule has 0 radical (unpaired) electrons. The SMILES string of the molecule is CN1c2ccccc2C(=O)N2CCc3c([nH]c4ccc(O)cc34)C21. The van der Waals surface area contributed by atoms with Gasteiger partial charge >= 0.3 is 0 Å². The van der Waals surface area contributed by atoms with E-state index < -0.39 is 0 Å². The number of phenolic OH excluding ortho intramolecular Hbond substituents is 1. The molecule has 3 heterocycles. The number of amides is 1. The second kappa shape index (κ2) is 4.54. The molecule has 0 saturated carbocycles. The second-order valence-corrected chi connectivity index (χ2v) is 6.50. The quantitative estimate of drug-likeness (QED) is 0.669. The van der Waals surface area contributed by atoms with Gasteiger partial charge < -0.3 is 19.9 Å². The largest absolute Gasteiger partial charge is 0.508 e. The first-order valence-corrected chi connectivity index (χ1v) is 8.11. The van der Waals surface area contributed by atoms with Crippen molar-refractivity contribution in [3.05, 3.63) is 59.3 Å². The van der Waals surface area contributed by atoms with Gasteiger partial charge in [-0.1, -0.05) is 12.1 Å². The van der Waals surface area contributed by atoms with Crippen LogP contribution in [-0.4, -0.2) is 34.5 Å². The highest BCUT2D eigenvalue weighted by atomic mass is 16.3. The summed E-state index contributed by atoms with van der Waals surface area (Å²) in [5.74, 6) is 0.353. The summed E-state index contributed by atoms with van der Waals surface area (Å²) >= 11 is 0. The van der Waals surface area contributed by atoms with E-state index >= 15 is 0 Å². The van der Waals surface area contributed by atoms with E-state index in [9.17, 15) is 9.90 Å². The number of nitrogens with zero attached hydrogens (tertiary/aromatic N) is 2. The molecule has 24 heavy (non-hydrogen) atoms. The fourth-order valence-corrected chi connectivity index (χ4v) is 4.12. The minimum Gasteiger partial charge on any atom is -0.508 e. The number of nitrogens with one attached hydrogen (secondary N) is 1. The van der Waals surface area contributed by atoms with Crippen LogP contribution in [0.15, 0.2) is 42.5 Å². The maximum atomic E-state index is 12.9. The van der Waals surface area contributed by atoms with E-state index in [1.54, 1.807) is 12.1 Å². The first kappa shape index (κ1) is 13.5. The predicted molar refractivity (Wildman–Crippen MR) is 92.3 cm³/mol. The number of aromatic amines is 1. The van der Waals surface area contributed by atoms with Crippen molar-refractivity contribution in [1.29, 1.82) is 0 Å². The zero-order valence-corrected chi connectivity index (χ0v) is 13.3. The first-order valence-electron chi connectivity index (χ1n) is 8.11. The summed E-state index contributed by atoms with van der Waals surface area (Å²) < 4.78 is 0. The van der Waals surface area contributed by atoms with Crippen LogP contribution in [0.5, 0.6) is 5.75 Å². The molecule has 120 valence electrons. The van der Waals surface area contributed by atoms with Gasteiger partial charge in [0.2, 0.25) is 0 Å². The number of rotatable bonds is 0. The maximum absolute atomic E-state index is 12.9. The molecule has 3 aromatic rings. The molecule has 2 aliphatic heterocycles. The summed E-state index contributed by atoms with van der Waals surface area (Å²) in [6, 6.07) is 13.1. The van der Waals surface area contributed by atoms with E-state index in [0.29, 0.717) is 6.54 Å². The van der Waals surface area contributed by atoms with Crippen LogP contribution < -0.4 is 4.90 Å². The molecule has 0 saturated heterocycles. The van der Waals surface area contributed by atoms with Gasteiger partial charge in [0.1, 0.15) is 11.9 Å². The number of aromatic nitrogens is 1. The third-order valence-electron chi connectivity index (χ3n) is 5.22. The normalized spacial score (nSPS) is 19.2. The summed E-state index contributed by atoms with van der Waals surface area (Å²) in [5.41, 5.74) is 4.96. The molecule has 2 N–H and O–H groups in total. The second-order valence-electron chi connectivity index (χ2n) is 6.50. The van der Waals surface area contributed by atoms with Gasteiger partial charge in [-0.05, 0) is 42.3 Å². The first-order chi connectivity index (χ1) is 11.6. The number of carbonyl (C=O) groups excluding carboxylic acids is 1. The number of benzene rings is 2. The van der Waals surface area contributed by atoms with Crippen molar-refractivity contribution in [3.63, 3.8) is 0 Å². The number of hydrogen-bond acceptors (Lipinski definition) is 3. The Morgan fingerprint density at radius 1 is 1.21 bits per heavy atom. The van der Waals surface area contributed by atoms with Gasteiger partial charge in [-0.3, -0.25) is 4.79 Å². The van der Waals surface area contributed by atoms with Crippen LogP contribution in [0, 0.1) is 0 Å². The molecule has 0 bridgehead atoms. The molecule has 0 aliphatic carbocycles. The minimum absolute atomic E-state index is 0.0841. The van der Waals surface area contributed by atoms with Gasteiger partial charge in [0.25, 0.3) is 5.91 Å². The molecule has 1 amide bonds. The fourth-order valence-electron chi connectivity index (χ4n) is 4.12. The molecule has 0 spiro atoms. The molecule has 2 aromatic carbocycles. The average molecular weight is 319 g/mol. The molecule has 5 nitrogen and oxygen atoms in total. The van der Waals surface area contributed by atoms with Crippen LogP contribution in [0.3, 0.4) is 0 Å². The molecule has 0 fully saturated rings. The fraction of sp³-hybridized carbons (Fsp3) is 0.211.